The Hall–Kier alpha value is -0.530. The third-order valence-electron chi connectivity index (χ3n) is 4.90. The van der Waals surface area contributed by atoms with Gasteiger partial charge in [0.15, 0.2) is 0 Å². The van der Waals surface area contributed by atoms with Gasteiger partial charge in [-0.05, 0) is 24.7 Å². The molecule has 1 fully saturated rings. The van der Waals surface area contributed by atoms with Crippen molar-refractivity contribution in [1.29, 1.82) is 0 Å². The Morgan fingerprint density at radius 3 is 2.00 bits per heavy atom. The van der Waals surface area contributed by atoms with E-state index >= 15 is 0 Å². The van der Waals surface area contributed by atoms with Gasteiger partial charge in [0.1, 0.15) is 0 Å². The van der Waals surface area contributed by atoms with Crippen molar-refractivity contribution in [3.8, 4) is 0 Å². The van der Waals surface area contributed by atoms with E-state index in [1.807, 2.05) is 0 Å². The molecule has 0 aliphatic heterocycles. The van der Waals surface area contributed by atoms with Crippen molar-refractivity contribution in [2.24, 2.45) is 17.3 Å². The molecule has 0 aromatic carbocycles. The average Bonchev–Trinajstić information content (AvgIpc) is 2.56. The van der Waals surface area contributed by atoms with Crippen molar-refractivity contribution in [2.45, 2.75) is 72.1 Å². The van der Waals surface area contributed by atoms with E-state index in [1.165, 1.54) is 12.8 Å². The van der Waals surface area contributed by atoms with Crippen LogP contribution in [0, 0.1) is 17.3 Å². The summed E-state index contributed by atoms with van der Waals surface area (Å²) in [7, 11) is 0. The van der Waals surface area contributed by atoms with E-state index in [0.29, 0.717) is 11.8 Å². The van der Waals surface area contributed by atoms with Crippen molar-refractivity contribution in [1.82, 2.24) is 0 Å². The Kier molecular flexibility index (Phi) is 5.48. The van der Waals surface area contributed by atoms with Gasteiger partial charge in [0.2, 0.25) is 0 Å². The molecule has 2 nitrogen and oxygen atoms in total. The van der Waals surface area contributed by atoms with Crippen LogP contribution < -0.4 is 0 Å². The van der Waals surface area contributed by atoms with Crippen LogP contribution in [0.15, 0.2) is 0 Å². The smallest absolute Gasteiger partial charge is 0.309 e. The fraction of sp³-hybridized carbons (Fsp3) is 0.933. The number of hydrogen-bond acceptors (Lipinski definition) is 1. The standard InChI is InChI=1S/C15H28O2/c1-4-12(3)13(5-2)15(14(16)17)10-8-6-7-9-11-15/h12-13H,4-11H2,1-3H3,(H,16,17). The highest BCUT2D eigenvalue weighted by Gasteiger charge is 2.46. The van der Waals surface area contributed by atoms with Crippen LogP contribution in [0.4, 0.5) is 0 Å². The summed E-state index contributed by atoms with van der Waals surface area (Å²) in [5.41, 5.74) is -0.430. The number of aliphatic carboxylic acids is 1. The van der Waals surface area contributed by atoms with Crippen LogP contribution in [-0.4, -0.2) is 11.1 Å². The molecular formula is C15H28O2. The molecular weight excluding hydrogens is 212 g/mol. The molecule has 1 aliphatic rings. The van der Waals surface area contributed by atoms with Gasteiger partial charge in [-0.2, -0.15) is 0 Å². The lowest BCUT2D eigenvalue weighted by Crippen LogP contribution is -2.41. The summed E-state index contributed by atoms with van der Waals surface area (Å²) in [5.74, 6) is 0.337. The maximum absolute atomic E-state index is 11.8. The molecule has 0 spiro atoms. The molecule has 1 N–H and O–H groups in total. The van der Waals surface area contributed by atoms with E-state index in [0.717, 1.165) is 38.5 Å². The van der Waals surface area contributed by atoms with Gasteiger partial charge in [0.05, 0.1) is 5.41 Å². The Labute approximate surface area is 106 Å². The van der Waals surface area contributed by atoms with Gasteiger partial charge in [0.25, 0.3) is 0 Å². The molecule has 0 radical (unpaired) electrons. The second kappa shape index (κ2) is 6.42. The number of carboxylic acids is 1. The summed E-state index contributed by atoms with van der Waals surface area (Å²) in [6.45, 7) is 6.57. The van der Waals surface area contributed by atoms with E-state index < -0.39 is 11.4 Å². The minimum absolute atomic E-state index is 0.350. The van der Waals surface area contributed by atoms with Gasteiger partial charge < -0.3 is 5.11 Å². The summed E-state index contributed by atoms with van der Waals surface area (Å²) in [6, 6.07) is 0. The van der Waals surface area contributed by atoms with Crippen LogP contribution in [0.2, 0.25) is 0 Å². The third kappa shape index (κ3) is 3.02. The average molecular weight is 240 g/mol. The molecule has 2 atom stereocenters. The molecule has 0 amide bonds. The maximum atomic E-state index is 11.8. The lowest BCUT2D eigenvalue weighted by atomic mass is 9.64. The highest BCUT2D eigenvalue weighted by Crippen LogP contribution is 2.47. The van der Waals surface area contributed by atoms with Gasteiger partial charge in [-0.1, -0.05) is 59.3 Å². The van der Waals surface area contributed by atoms with E-state index in [-0.39, 0.29) is 0 Å². The summed E-state index contributed by atoms with van der Waals surface area (Å²) >= 11 is 0. The second-order valence-corrected chi connectivity index (χ2v) is 5.78. The molecule has 100 valence electrons. The molecule has 2 unspecified atom stereocenters. The molecule has 0 saturated heterocycles. The largest absolute Gasteiger partial charge is 0.481 e. The Balaban J connectivity index is 2.98. The molecule has 0 bridgehead atoms. The fourth-order valence-corrected chi connectivity index (χ4v) is 3.72. The minimum Gasteiger partial charge on any atom is -0.481 e. The zero-order valence-electron chi connectivity index (χ0n) is 11.7. The van der Waals surface area contributed by atoms with Gasteiger partial charge >= 0.3 is 5.97 Å². The molecule has 1 saturated carbocycles. The lowest BCUT2D eigenvalue weighted by molar-refractivity contribution is -0.155. The predicted molar refractivity (Wildman–Crippen MR) is 71.0 cm³/mol. The topological polar surface area (TPSA) is 37.3 Å². The normalized spacial score (nSPS) is 23.7. The zero-order valence-corrected chi connectivity index (χ0v) is 11.7. The summed E-state index contributed by atoms with van der Waals surface area (Å²) in [6.07, 6.45) is 8.50. The SMILES string of the molecule is CCC(C)C(CC)C1(C(=O)O)CCCCCC1. The van der Waals surface area contributed by atoms with Crippen molar-refractivity contribution in [3.63, 3.8) is 0 Å². The summed E-state index contributed by atoms with van der Waals surface area (Å²) < 4.78 is 0. The van der Waals surface area contributed by atoms with Crippen LogP contribution >= 0.6 is 0 Å². The van der Waals surface area contributed by atoms with Crippen LogP contribution in [0.3, 0.4) is 0 Å². The third-order valence-corrected chi connectivity index (χ3v) is 4.90. The Morgan fingerprint density at radius 2 is 1.65 bits per heavy atom. The number of hydrogen-bond donors (Lipinski definition) is 1. The van der Waals surface area contributed by atoms with E-state index in [4.69, 9.17) is 0 Å². The molecule has 1 aliphatic carbocycles. The predicted octanol–water partition coefficient (Wildman–Crippen LogP) is 4.48. The van der Waals surface area contributed by atoms with Gasteiger partial charge in [-0.15, -0.1) is 0 Å². The fourth-order valence-electron chi connectivity index (χ4n) is 3.72. The minimum atomic E-state index is -0.536. The monoisotopic (exact) mass is 240 g/mol. The Bertz CT molecular complexity index is 239. The van der Waals surface area contributed by atoms with Gasteiger partial charge in [0, 0.05) is 0 Å². The lowest BCUT2D eigenvalue weighted by Gasteiger charge is -2.39. The molecule has 1 rings (SSSR count). The van der Waals surface area contributed by atoms with Crippen molar-refractivity contribution in [3.05, 3.63) is 0 Å². The Morgan fingerprint density at radius 1 is 1.12 bits per heavy atom. The van der Waals surface area contributed by atoms with E-state index in [2.05, 4.69) is 20.8 Å². The van der Waals surface area contributed by atoms with Crippen molar-refractivity contribution in [2.75, 3.05) is 0 Å². The van der Waals surface area contributed by atoms with E-state index in [1.54, 1.807) is 0 Å². The molecule has 0 aromatic heterocycles. The number of carboxylic acid groups (broad SMARTS) is 1. The van der Waals surface area contributed by atoms with Crippen molar-refractivity contribution >= 4 is 5.97 Å². The van der Waals surface area contributed by atoms with Gasteiger partial charge in [-0.3, -0.25) is 4.79 Å². The first-order chi connectivity index (χ1) is 8.08. The molecule has 0 aromatic rings. The number of carbonyl (C=O) groups is 1. The van der Waals surface area contributed by atoms with Crippen LogP contribution in [0.5, 0.6) is 0 Å². The number of rotatable bonds is 5. The first kappa shape index (κ1) is 14.5. The van der Waals surface area contributed by atoms with E-state index in [9.17, 15) is 9.90 Å². The first-order valence-corrected chi connectivity index (χ1v) is 7.31. The second-order valence-electron chi connectivity index (χ2n) is 5.78. The van der Waals surface area contributed by atoms with Crippen molar-refractivity contribution < 1.29 is 9.90 Å². The van der Waals surface area contributed by atoms with Crippen LogP contribution in [0.1, 0.15) is 72.1 Å². The maximum Gasteiger partial charge on any atom is 0.309 e. The highest BCUT2D eigenvalue weighted by molar-refractivity contribution is 5.75. The first-order valence-electron chi connectivity index (χ1n) is 7.31. The molecule has 2 heteroatoms. The summed E-state index contributed by atoms with van der Waals surface area (Å²) in [4.78, 5) is 11.8. The summed E-state index contributed by atoms with van der Waals surface area (Å²) in [5, 5.41) is 9.76. The zero-order chi connectivity index (χ0) is 12.9. The molecule has 17 heavy (non-hydrogen) atoms. The van der Waals surface area contributed by atoms with Crippen LogP contribution in [-0.2, 0) is 4.79 Å². The molecule has 0 heterocycles. The van der Waals surface area contributed by atoms with Crippen LogP contribution in [0.25, 0.3) is 0 Å². The highest BCUT2D eigenvalue weighted by atomic mass is 16.4. The quantitative estimate of drug-likeness (QED) is 0.719. The van der Waals surface area contributed by atoms with Gasteiger partial charge in [-0.25, -0.2) is 0 Å².